The summed E-state index contributed by atoms with van der Waals surface area (Å²) in [6.45, 7) is 18.8. The molecule has 3 aromatic carbocycles. The van der Waals surface area contributed by atoms with Crippen molar-refractivity contribution < 1.29 is 0 Å². The average molecular weight is 465 g/mol. The van der Waals surface area contributed by atoms with Crippen LogP contribution in [-0.4, -0.2) is 8.07 Å². The zero-order chi connectivity index (χ0) is 24.6. The average Bonchev–Trinajstić information content (AvgIpc) is 3.04. The van der Waals surface area contributed by atoms with Crippen molar-refractivity contribution in [2.24, 2.45) is 5.92 Å². The first-order valence-corrected chi connectivity index (χ1v) is 14.9. The summed E-state index contributed by atoms with van der Waals surface area (Å²) in [5, 5.41) is 6.32. The minimum Gasteiger partial charge on any atom is -0.0636 e. The van der Waals surface area contributed by atoms with Gasteiger partial charge in [-0.2, -0.15) is 0 Å². The van der Waals surface area contributed by atoms with E-state index in [9.17, 15) is 0 Å². The van der Waals surface area contributed by atoms with Crippen LogP contribution in [0.15, 0.2) is 88.6 Å². The van der Waals surface area contributed by atoms with E-state index < -0.39 is 8.07 Å². The maximum absolute atomic E-state index is 2.56. The number of rotatable bonds is 6. The van der Waals surface area contributed by atoms with Crippen molar-refractivity contribution in [3.05, 3.63) is 111 Å². The lowest BCUT2D eigenvalue weighted by Crippen LogP contribution is -2.71. The van der Waals surface area contributed by atoms with Gasteiger partial charge in [-0.05, 0) is 85.6 Å². The highest BCUT2D eigenvalue weighted by atomic mass is 28.3. The van der Waals surface area contributed by atoms with Gasteiger partial charge in [0.05, 0.1) is 0 Å². The van der Waals surface area contributed by atoms with E-state index in [0.29, 0.717) is 5.92 Å². The molecule has 4 rings (SSSR count). The maximum atomic E-state index is 2.56. The fourth-order valence-electron chi connectivity index (χ4n) is 6.25. The maximum Gasteiger partial charge on any atom is 0.177 e. The first-order valence-electron chi connectivity index (χ1n) is 12.9. The normalized spacial score (nSPS) is 16.5. The summed E-state index contributed by atoms with van der Waals surface area (Å²) in [7, 11) is -2.55. The van der Waals surface area contributed by atoms with Crippen molar-refractivity contribution in [1.82, 2.24) is 0 Å². The van der Waals surface area contributed by atoms with Gasteiger partial charge in [0.2, 0.25) is 0 Å². The molecule has 0 bridgehead atoms. The molecule has 1 heteroatoms. The van der Waals surface area contributed by atoms with Gasteiger partial charge in [-0.15, -0.1) is 0 Å². The number of allylic oxidation sites excluding steroid dienone is 4. The minimum absolute atomic E-state index is 0.446. The van der Waals surface area contributed by atoms with E-state index in [2.05, 4.69) is 122 Å². The molecule has 1 aliphatic rings. The van der Waals surface area contributed by atoms with Crippen molar-refractivity contribution in [3.63, 3.8) is 0 Å². The molecule has 1 unspecified atom stereocenters. The molecule has 176 valence electrons. The molecule has 0 aliphatic heterocycles. The van der Waals surface area contributed by atoms with E-state index in [0.717, 1.165) is 12.8 Å². The highest BCUT2D eigenvalue weighted by Gasteiger charge is 2.49. The third-order valence-corrected chi connectivity index (χ3v) is 14.0. The lowest BCUT2D eigenvalue weighted by molar-refractivity contribution is 0.851. The van der Waals surface area contributed by atoms with Crippen LogP contribution < -0.4 is 15.6 Å². The third-order valence-electron chi connectivity index (χ3n) is 8.44. The smallest absolute Gasteiger partial charge is 0.0636 e. The number of hydrogen-bond donors (Lipinski definition) is 0. The van der Waals surface area contributed by atoms with Crippen molar-refractivity contribution >= 4 is 23.6 Å². The Morgan fingerprint density at radius 3 is 1.50 bits per heavy atom. The van der Waals surface area contributed by atoms with Gasteiger partial charge >= 0.3 is 0 Å². The van der Waals surface area contributed by atoms with Crippen LogP contribution in [-0.2, 0) is 12.8 Å². The van der Waals surface area contributed by atoms with Gasteiger partial charge in [0, 0.05) is 0 Å². The Morgan fingerprint density at radius 1 is 0.647 bits per heavy atom. The van der Waals surface area contributed by atoms with E-state index in [-0.39, 0.29) is 0 Å². The lowest BCUT2D eigenvalue weighted by atomic mass is 10.1. The topological polar surface area (TPSA) is 0 Å². The van der Waals surface area contributed by atoms with Crippen LogP contribution in [0.2, 0.25) is 0 Å². The van der Waals surface area contributed by atoms with E-state index in [4.69, 9.17) is 0 Å². The molecular weight excluding hydrogens is 424 g/mol. The summed E-state index contributed by atoms with van der Waals surface area (Å²) in [6, 6.07) is 26.0. The second-order valence-corrected chi connectivity index (χ2v) is 13.9. The van der Waals surface area contributed by atoms with Gasteiger partial charge in [0.15, 0.2) is 8.07 Å². The van der Waals surface area contributed by atoms with E-state index in [1.807, 2.05) is 0 Å². The SMILES string of the molecule is CCc1cc(CC)cc([Si](C2=C(C)C(C)=C(C)C2C)(c2ccccc2C)c2ccccc2C)c1. The van der Waals surface area contributed by atoms with Crippen LogP contribution in [0.1, 0.15) is 63.8 Å². The van der Waals surface area contributed by atoms with Crippen molar-refractivity contribution in [2.75, 3.05) is 0 Å². The van der Waals surface area contributed by atoms with Crippen molar-refractivity contribution in [3.8, 4) is 0 Å². The monoisotopic (exact) mass is 464 g/mol. The van der Waals surface area contributed by atoms with E-state index in [1.165, 1.54) is 39.0 Å². The molecule has 0 nitrogen and oxygen atoms in total. The second kappa shape index (κ2) is 9.54. The highest BCUT2D eigenvalue weighted by Crippen LogP contribution is 2.41. The van der Waals surface area contributed by atoms with Gasteiger partial charge in [-0.1, -0.05) is 115 Å². The zero-order valence-corrected chi connectivity index (χ0v) is 23.3. The largest absolute Gasteiger partial charge is 0.177 e. The Kier molecular flexibility index (Phi) is 6.87. The van der Waals surface area contributed by atoms with Crippen LogP contribution in [0.4, 0.5) is 0 Å². The van der Waals surface area contributed by atoms with Crippen LogP contribution in [0.25, 0.3) is 0 Å². The Morgan fingerprint density at radius 2 is 1.12 bits per heavy atom. The highest BCUT2D eigenvalue weighted by molar-refractivity contribution is 7.16. The van der Waals surface area contributed by atoms with Crippen molar-refractivity contribution in [1.29, 1.82) is 0 Å². The molecule has 0 fully saturated rings. The first kappa shape index (κ1) is 24.5. The van der Waals surface area contributed by atoms with Crippen molar-refractivity contribution in [2.45, 2.75) is 68.2 Å². The molecule has 0 radical (unpaired) electrons. The standard InChI is InChI=1S/C33H40Si/c1-9-28-19-29(10-2)21-30(20-28)34(31-17-13-11-15-22(31)3,32-18-14-12-16-23(32)4)33-26(7)24(5)25(6)27(33)8/h11-21,26H,9-10H2,1-8H3. The quantitative estimate of drug-likeness (QED) is 0.280. The summed E-state index contributed by atoms with van der Waals surface area (Å²) >= 11 is 0. The Hall–Kier alpha value is -2.64. The van der Waals surface area contributed by atoms with Crippen LogP contribution in [0.3, 0.4) is 0 Å². The summed E-state index contributed by atoms with van der Waals surface area (Å²) < 4.78 is 0. The molecule has 0 amide bonds. The van der Waals surface area contributed by atoms with Gasteiger partial charge in [-0.3, -0.25) is 0 Å². The Bertz CT molecular complexity index is 1220. The molecule has 1 aliphatic carbocycles. The summed E-state index contributed by atoms with van der Waals surface area (Å²) in [6.07, 6.45) is 2.13. The molecule has 3 aromatic rings. The van der Waals surface area contributed by atoms with Gasteiger partial charge in [0.1, 0.15) is 0 Å². The summed E-state index contributed by atoms with van der Waals surface area (Å²) in [5.41, 5.74) is 10.3. The Balaban J connectivity index is 2.27. The van der Waals surface area contributed by atoms with Gasteiger partial charge in [-0.25, -0.2) is 0 Å². The molecule has 1 atom stereocenters. The zero-order valence-electron chi connectivity index (χ0n) is 22.3. The van der Waals surface area contributed by atoms with E-state index in [1.54, 1.807) is 20.8 Å². The molecular formula is C33H40Si. The molecule has 0 saturated heterocycles. The minimum atomic E-state index is -2.55. The van der Waals surface area contributed by atoms with Crippen LogP contribution in [0.5, 0.6) is 0 Å². The molecule has 34 heavy (non-hydrogen) atoms. The summed E-state index contributed by atoms with van der Waals surface area (Å²) in [5.74, 6) is 0.446. The molecule has 0 N–H and O–H groups in total. The third kappa shape index (κ3) is 3.75. The lowest BCUT2D eigenvalue weighted by Gasteiger charge is -2.40. The summed E-state index contributed by atoms with van der Waals surface area (Å²) in [4.78, 5) is 0. The first-order chi connectivity index (χ1) is 16.3. The molecule has 0 spiro atoms. The fourth-order valence-corrected chi connectivity index (χ4v) is 12.5. The Labute approximate surface area is 208 Å². The van der Waals surface area contributed by atoms with Crippen LogP contribution in [0, 0.1) is 19.8 Å². The molecule has 0 aromatic heterocycles. The number of benzene rings is 3. The molecule has 0 heterocycles. The predicted octanol–water partition coefficient (Wildman–Crippen LogP) is 6.74. The van der Waals surface area contributed by atoms with Gasteiger partial charge < -0.3 is 0 Å². The number of aryl methyl sites for hydroxylation is 4. The second-order valence-electron chi connectivity index (χ2n) is 10.2. The number of hydrogen-bond acceptors (Lipinski definition) is 0. The van der Waals surface area contributed by atoms with Crippen LogP contribution >= 0.6 is 0 Å². The fraction of sp³-hybridized carbons (Fsp3) is 0.333. The predicted molar refractivity (Wildman–Crippen MR) is 152 cm³/mol. The van der Waals surface area contributed by atoms with Gasteiger partial charge in [0.25, 0.3) is 0 Å². The molecule has 0 saturated carbocycles. The van der Waals surface area contributed by atoms with E-state index >= 15 is 0 Å².